The number of carbonyl (C=O) groups excluding carboxylic acids is 2. The van der Waals surface area contributed by atoms with Crippen LogP contribution in [0.4, 0.5) is 0 Å². The monoisotopic (exact) mass is 293 g/mol. The highest BCUT2D eigenvalue weighted by Gasteiger charge is 2.15. The third-order valence-corrected chi connectivity index (χ3v) is 4.76. The molecule has 0 aliphatic heterocycles. The molecule has 0 radical (unpaired) electrons. The standard InChI is InChI=1S/C16H23NO2S/c18-14(15-9-6-12-20-15)10-11-16(19)17-13-7-4-2-1-3-5-8-13/h6,9,12-13H,1-5,7-8,10-11H2,(H,17,19). The normalized spacial score (nSPS) is 17.2. The first-order chi connectivity index (χ1) is 9.75. The minimum absolute atomic E-state index is 0.0282. The van der Waals surface area contributed by atoms with Crippen molar-refractivity contribution in [3.8, 4) is 0 Å². The zero-order chi connectivity index (χ0) is 14.2. The maximum Gasteiger partial charge on any atom is 0.220 e. The Morgan fingerprint density at radius 3 is 2.45 bits per heavy atom. The van der Waals surface area contributed by atoms with Crippen molar-refractivity contribution in [2.24, 2.45) is 0 Å². The molecule has 1 aliphatic rings. The van der Waals surface area contributed by atoms with Gasteiger partial charge in [0, 0.05) is 18.9 Å². The molecule has 1 aromatic heterocycles. The minimum atomic E-state index is 0.0282. The van der Waals surface area contributed by atoms with Crippen LogP contribution in [0.1, 0.15) is 67.5 Å². The number of hydrogen-bond donors (Lipinski definition) is 1. The maximum atomic E-state index is 11.9. The number of ketones is 1. The SMILES string of the molecule is O=C(CCC(=O)c1cccs1)NC1CCCCCCC1. The summed E-state index contributed by atoms with van der Waals surface area (Å²) in [5, 5.41) is 4.99. The molecule has 1 heterocycles. The summed E-state index contributed by atoms with van der Waals surface area (Å²) in [6, 6.07) is 4.01. The fourth-order valence-corrected chi connectivity index (χ4v) is 3.38. The summed E-state index contributed by atoms with van der Waals surface area (Å²) in [6.07, 6.45) is 9.11. The van der Waals surface area contributed by atoms with Gasteiger partial charge in [0.15, 0.2) is 5.78 Å². The summed E-state index contributed by atoms with van der Waals surface area (Å²) < 4.78 is 0. The molecule has 1 fully saturated rings. The van der Waals surface area contributed by atoms with Crippen LogP contribution in [0.15, 0.2) is 17.5 Å². The van der Waals surface area contributed by atoms with Gasteiger partial charge in [-0.1, -0.05) is 38.2 Å². The molecule has 4 heteroatoms. The van der Waals surface area contributed by atoms with Crippen LogP contribution >= 0.6 is 11.3 Å². The van der Waals surface area contributed by atoms with Crippen molar-refractivity contribution in [2.75, 3.05) is 0 Å². The maximum absolute atomic E-state index is 11.9. The van der Waals surface area contributed by atoms with E-state index in [9.17, 15) is 9.59 Å². The van der Waals surface area contributed by atoms with Gasteiger partial charge in [-0.25, -0.2) is 0 Å². The number of carbonyl (C=O) groups is 2. The average molecular weight is 293 g/mol. The number of amides is 1. The Bertz CT molecular complexity index is 420. The Morgan fingerprint density at radius 1 is 1.10 bits per heavy atom. The lowest BCUT2D eigenvalue weighted by molar-refractivity contribution is -0.121. The molecule has 1 N–H and O–H groups in total. The van der Waals surface area contributed by atoms with E-state index in [1.54, 1.807) is 0 Å². The zero-order valence-electron chi connectivity index (χ0n) is 11.9. The van der Waals surface area contributed by atoms with Crippen molar-refractivity contribution in [3.63, 3.8) is 0 Å². The van der Waals surface area contributed by atoms with Crippen molar-refractivity contribution in [3.05, 3.63) is 22.4 Å². The molecule has 110 valence electrons. The molecule has 0 atom stereocenters. The molecule has 3 nitrogen and oxygen atoms in total. The molecule has 0 bridgehead atoms. The quantitative estimate of drug-likeness (QED) is 0.836. The predicted octanol–water partition coefficient (Wildman–Crippen LogP) is 3.94. The zero-order valence-corrected chi connectivity index (χ0v) is 12.7. The molecular formula is C16H23NO2S. The summed E-state index contributed by atoms with van der Waals surface area (Å²) in [4.78, 5) is 24.5. The predicted molar refractivity (Wildman–Crippen MR) is 82.1 cm³/mol. The largest absolute Gasteiger partial charge is 0.353 e. The topological polar surface area (TPSA) is 46.2 Å². The van der Waals surface area contributed by atoms with Gasteiger partial charge in [-0.3, -0.25) is 9.59 Å². The van der Waals surface area contributed by atoms with E-state index in [1.807, 2.05) is 17.5 Å². The lowest BCUT2D eigenvalue weighted by Gasteiger charge is -2.20. The summed E-state index contributed by atoms with van der Waals surface area (Å²) in [5.41, 5.74) is 0. The van der Waals surface area contributed by atoms with Gasteiger partial charge in [-0.15, -0.1) is 11.3 Å². The molecule has 0 spiro atoms. The first-order valence-corrected chi connectivity index (χ1v) is 8.50. The van der Waals surface area contributed by atoms with Gasteiger partial charge < -0.3 is 5.32 Å². The summed E-state index contributed by atoms with van der Waals surface area (Å²) in [5.74, 6) is 0.105. The van der Waals surface area contributed by atoms with Gasteiger partial charge >= 0.3 is 0 Å². The van der Waals surface area contributed by atoms with Gasteiger partial charge in [0.25, 0.3) is 0 Å². The van der Waals surface area contributed by atoms with Crippen molar-refractivity contribution in [2.45, 2.75) is 63.8 Å². The number of nitrogens with one attached hydrogen (secondary N) is 1. The lowest BCUT2D eigenvalue weighted by Crippen LogP contribution is -2.35. The van der Waals surface area contributed by atoms with Gasteiger partial charge in [-0.2, -0.15) is 0 Å². The Labute approximate surface area is 124 Å². The Hall–Kier alpha value is -1.16. The van der Waals surface area contributed by atoms with E-state index < -0.39 is 0 Å². The molecule has 1 saturated carbocycles. The van der Waals surface area contributed by atoms with E-state index in [0.717, 1.165) is 17.7 Å². The highest BCUT2D eigenvalue weighted by atomic mass is 32.1. The van der Waals surface area contributed by atoms with Gasteiger partial charge in [0.1, 0.15) is 0 Å². The third kappa shape index (κ3) is 5.08. The van der Waals surface area contributed by atoms with Crippen LogP contribution in [-0.2, 0) is 4.79 Å². The van der Waals surface area contributed by atoms with Crippen LogP contribution in [0, 0.1) is 0 Å². The van der Waals surface area contributed by atoms with Gasteiger partial charge in [0.05, 0.1) is 4.88 Å². The van der Waals surface area contributed by atoms with Gasteiger partial charge in [0.2, 0.25) is 5.91 Å². The molecule has 0 saturated heterocycles. The van der Waals surface area contributed by atoms with Crippen molar-refractivity contribution < 1.29 is 9.59 Å². The van der Waals surface area contributed by atoms with Crippen LogP contribution in [-0.4, -0.2) is 17.7 Å². The fraction of sp³-hybridized carbons (Fsp3) is 0.625. The Balaban J connectivity index is 1.70. The van der Waals surface area contributed by atoms with E-state index in [4.69, 9.17) is 0 Å². The Morgan fingerprint density at radius 2 is 1.80 bits per heavy atom. The van der Waals surface area contributed by atoms with E-state index in [2.05, 4.69) is 5.32 Å². The molecule has 0 aromatic carbocycles. The second-order valence-corrected chi connectivity index (χ2v) is 6.46. The second-order valence-electron chi connectivity index (χ2n) is 5.51. The molecule has 2 rings (SSSR count). The van der Waals surface area contributed by atoms with Crippen molar-refractivity contribution in [1.82, 2.24) is 5.32 Å². The van der Waals surface area contributed by atoms with E-state index in [0.29, 0.717) is 18.9 Å². The Kier molecular flexibility index (Phi) is 6.25. The van der Waals surface area contributed by atoms with E-state index >= 15 is 0 Å². The molecule has 20 heavy (non-hydrogen) atoms. The number of thiophene rings is 1. The first-order valence-electron chi connectivity index (χ1n) is 7.62. The molecule has 1 aromatic rings. The van der Waals surface area contributed by atoms with Crippen molar-refractivity contribution in [1.29, 1.82) is 0 Å². The van der Waals surface area contributed by atoms with Gasteiger partial charge in [-0.05, 0) is 24.3 Å². The van der Waals surface area contributed by atoms with Crippen LogP contribution in [0.5, 0.6) is 0 Å². The van der Waals surface area contributed by atoms with E-state index in [1.165, 1.54) is 43.4 Å². The molecular weight excluding hydrogens is 270 g/mol. The van der Waals surface area contributed by atoms with Crippen LogP contribution in [0.25, 0.3) is 0 Å². The highest BCUT2D eigenvalue weighted by Crippen LogP contribution is 2.17. The number of rotatable bonds is 5. The van der Waals surface area contributed by atoms with Crippen LogP contribution in [0.2, 0.25) is 0 Å². The molecule has 1 amide bonds. The summed E-state index contributed by atoms with van der Waals surface area (Å²) in [7, 11) is 0. The smallest absolute Gasteiger partial charge is 0.220 e. The minimum Gasteiger partial charge on any atom is -0.353 e. The number of Topliss-reactive ketones (excluding diaryl/α,β-unsaturated/α-hetero) is 1. The second kappa shape index (κ2) is 8.20. The van der Waals surface area contributed by atoms with Crippen molar-refractivity contribution >= 4 is 23.0 Å². The van der Waals surface area contributed by atoms with E-state index in [-0.39, 0.29) is 11.7 Å². The third-order valence-electron chi connectivity index (χ3n) is 3.85. The fourth-order valence-electron chi connectivity index (χ4n) is 2.69. The van der Waals surface area contributed by atoms with Crippen LogP contribution < -0.4 is 5.32 Å². The lowest BCUT2D eigenvalue weighted by atomic mass is 9.96. The number of hydrogen-bond acceptors (Lipinski definition) is 3. The highest BCUT2D eigenvalue weighted by molar-refractivity contribution is 7.12. The molecule has 1 aliphatic carbocycles. The summed E-state index contributed by atoms with van der Waals surface area (Å²) in [6.45, 7) is 0. The summed E-state index contributed by atoms with van der Waals surface area (Å²) >= 11 is 1.44. The van der Waals surface area contributed by atoms with Crippen LogP contribution in [0.3, 0.4) is 0 Å². The molecule has 0 unspecified atom stereocenters. The average Bonchev–Trinajstić information content (AvgIpc) is 2.93. The first kappa shape index (κ1) is 15.2.